The van der Waals surface area contributed by atoms with E-state index in [0.29, 0.717) is 16.6 Å². The molecule has 2 aromatic carbocycles. The van der Waals surface area contributed by atoms with Crippen LogP contribution in [0.5, 0.6) is 0 Å². The second-order valence-electron chi connectivity index (χ2n) is 8.99. The Labute approximate surface area is 201 Å². The first kappa shape index (κ1) is 23.8. The lowest BCUT2D eigenvalue weighted by atomic mass is 10.1. The Kier molecular flexibility index (Phi) is 6.88. The summed E-state index contributed by atoms with van der Waals surface area (Å²) in [4.78, 5) is 44.5. The van der Waals surface area contributed by atoms with E-state index in [9.17, 15) is 19.5 Å². The minimum atomic E-state index is -1.09. The molecule has 1 aliphatic rings. The minimum Gasteiger partial charge on any atom is -0.481 e. The number of aromatic amines is 1. The quantitative estimate of drug-likeness (QED) is 0.513. The fourth-order valence-electron chi connectivity index (χ4n) is 3.70. The van der Waals surface area contributed by atoms with Crippen LogP contribution in [-0.2, 0) is 24.3 Å². The van der Waals surface area contributed by atoms with Crippen molar-refractivity contribution in [2.45, 2.75) is 46.2 Å². The highest BCUT2D eigenvalue weighted by atomic mass is 35.5. The van der Waals surface area contributed by atoms with Crippen LogP contribution in [0.2, 0.25) is 5.02 Å². The molecule has 0 unspecified atom stereocenters. The molecule has 1 aromatic heterocycles. The number of carboxylic acid groups (broad SMARTS) is 1. The van der Waals surface area contributed by atoms with Crippen LogP contribution < -0.4 is 17.0 Å². The number of aryl methyl sites for hydroxylation is 1. The number of halogens is 1. The van der Waals surface area contributed by atoms with Crippen molar-refractivity contribution in [2.24, 2.45) is 16.8 Å². The molecule has 3 aromatic rings. The van der Waals surface area contributed by atoms with Crippen LogP contribution in [0.1, 0.15) is 36.5 Å². The zero-order valence-electron chi connectivity index (χ0n) is 19.1. The molecular weight excluding hydrogens is 456 g/mol. The van der Waals surface area contributed by atoms with E-state index in [1.54, 1.807) is 6.07 Å². The van der Waals surface area contributed by atoms with Crippen molar-refractivity contribution in [2.75, 3.05) is 0 Å². The second kappa shape index (κ2) is 9.85. The number of benzene rings is 2. The van der Waals surface area contributed by atoms with Gasteiger partial charge in [-0.25, -0.2) is 19.1 Å². The number of aromatic nitrogens is 3. The van der Waals surface area contributed by atoms with Crippen LogP contribution in [0, 0.1) is 18.8 Å². The Morgan fingerprint density at radius 1 is 1.18 bits per heavy atom. The van der Waals surface area contributed by atoms with Gasteiger partial charge in [0.2, 0.25) is 5.62 Å². The molecule has 0 radical (unpaired) electrons. The number of aliphatic carboxylic acids is 1. The minimum absolute atomic E-state index is 0.0702. The maximum atomic E-state index is 13.3. The number of rotatable bonds is 8. The topological polar surface area (TPSA) is 109 Å². The summed E-state index contributed by atoms with van der Waals surface area (Å²) in [5.41, 5.74) is 2.21. The summed E-state index contributed by atoms with van der Waals surface area (Å²) >= 11 is 6.47. The summed E-state index contributed by atoms with van der Waals surface area (Å²) in [6, 6.07) is 13.1. The molecule has 1 saturated carbocycles. The lowest BCUT2D eigenvalue weighted by Gasteiger charge is -2.13. The molecule has 2 N–H and O–H groups in total. The zero-order chi connectivity index (χ0) is 24.4. The molecular formula is C25H27ClN4O4. The Balaban J connectivity index is 1.80. The number of hydrogen-bond donors (Lipinski definition) is 2. The zero-order valence-corrected chi connectivity index (χ0v) is 19.9. The van der Waals surface area contributed by atoms with E-state index < -0.39 is 23.3 Å². The van der Waals surface area contributed by atoms with Gasteiger partial charge in [0.15, 0.2) is 0 Å². The van der Waals surface area contributed by atoms with E-state index in [1.165, 1.54) is 24.3 Å². The number of carbonyl (C=O) groups is 1. The Morgan fingerprint density at radius 3 is 2.50 bits per heavy atom. The van der Waals surface area contributed by atoms with Gasteiger partial charge in [-0.15, -0.1) is 0 Å². The molecule has 178 valence electrons. The molecule has 0 bridgehead atoms. The van der Waals surface area contributed by atoms with Crippen LogP contribution in [0.15, 0.2) is 57.0 Å². The Hall–Kier alpha value is -3.39. The number of carboxylic acids is 1. The fourth-order valence-corrected chi connectivity index (χ4v) is 3.95. The van der Waals surface area contributed by atoms with Crippen molar-refractivity contribution >= 4 is 23.3 Å². The van der Waals surface area contributed by atoms with Gasteiger partial charge in [-0.2, -0.15) is 0 Å². The van der Waals surface area contributed by atoms with Crippen molar-refractivity contribution in [3.63, 3.8) is 0 Å². The van der Waals surface area contributed by atoms with Crippen molar-refractivity contribution in [3.05, 3.63) is 90.8 Å². The molecule has 0 aliphatic heterocycles. The highest BCUT2D eigenvalue weighted by Gasteiger charge is 2.22. The standard InChI is InChI=1S/C25H27ClN4O4/c1-15-3-5-18(6-4-15)14-29-23(28-24(33)30(25(29)34)13-16(2)22(31)32)27-20-10-9-19(21(26)12-20)11-17-7-8-17/h3-6,9-10,12,16-17H,7-8,11,13-14H2,1-2H3,(H,31,32)(H,27,28,33)/t16-/m0/s1. The van der Waals surface area contributed by atoms with E-state index >= 15 is 0 Å². The van der Waals surface area contributed by atoms with Gasteiger partial charge >= 0.3 is 17.3 Å². The summed E-state index contributed by atoms with van der Waals surface area (Å²) < 4.78 is 2.24. The molecule has 9 heteroatoms. The molecule has 1 aliphatic carbocycles. The third-order valence-corrected chi connectivity index (χ3v) is 6.35. The van der Waals surface area contributed by atoms with Gasteiger partial charge in [-0.05, 0) is 55.4 Å². The van der Waals surface area contributed by atoms with Crippen LogP contribution in [0.25, 0.3) is 0 Å². The van der Waals surface area contributed by atoms with Crippen molar-refractivity contribution in [3.8, 4) is 0 Å². The van der Waals surface area contributed by atoms with Gasteiger partial charge in [0, 0.05) is 11.6 Å². The van der Waals surface area contributed by atoms with Gasteiger partial charge in [-0.1, -0.05) is 54.4 Å². The number of H-pyrrole nitrogens is 1. The van der Waals surface area contributed by atoms with Crippen LogP contribution in [-0.4, -0.2) is 25.2 Å². The monoisotopic (exact) mass is 482 g/mol. The van der Waals surface area contributed by atoms with Crippen molar-refractivity contribution in [1.82, 2.24) is 14.1 Å². The smallest absolute Gasteiger partial charge is 0.335 e. The number of nitrogens with zero attached hydrogens (tertiary/aromatic N) is 3. The SMILES string of the molecule is Cc1ccc(Cn2c(=O)n(C[C@H](C)C(=O)O)c(=O)[nH]/c2=N\c2ccc(CC3CC3)c(Cl)c2)cc1. The van der Waals surface area contributed by atoms with Crippen LogP contribution >= 0.6 is 11.6 Å². The predicted molar refractivity (Wildman–Crippen MR) is 129 cm³/mol. The van der Waals surface area contributed by atoms with Gasteiger partial charge in [-0.3, -0.25) is 14.3 Å². The average molecular weight is 483 g/mol. The normalized spacial score (nSPS) is 14.9. The highest BCUT2D eigenvalue weighted by Crippen LogP contribution is 2.35. The predicted octanol–water partition coefficient (Wildman–Crippen LogP) is 3.25. The largest absolute Gasteiger partial charge is 0.481 e. The molecule has 0 spiro atoms. The first-order valence-corrected chi connectivity index (χ1v) is 11.6. The van der Waals surface area contributed by atoms with Crippen molar-refractivity contribution in [1.29, 1.82) is 0 Å². The molecule has 0 saturated heterocycles. The van der Waals surface area contributed by atoms with E-state index in [-0.39, 0.29) is 18.7 Å². The third-order valence-electron chi connectivity index (χ3n) is 6.00. The summed E-state index contributed by atoms with van der Waals surface area (Å²) in [6.07, 6.45) is 3.38. The Morgan fingerprint density at radius 2 is 1.88 bits per heavy atom. The summed E-state index contributed by atoms with van der Waals surface area (Å²) in [6.45, 7) is 3.32. The van der Waals surface area contributed by atoms with Gasteiger partial charge in [0.1, 0.15) is 0 Å². The second-order valence-corrected chi connectivity index (χ2v) is 9.40. The van der Waals surface area contributed by atoms with Crippen molar-refractivity contribution < 1.29 is 9.90 Å². The average Bonchev–Trinajstić information content (AvgIpc) is 3.61. The molecule has 1 heterocycles. The number of nitrogens with one attached hydrogen (secondary N) is 1. The summed E-state index contributed by atoms with van der Waals surface area (Å²) in [5.74, 6) is -1.31. The Bertz CT molecular complexity index is 1400. The molecule has 0 amide bonds. The first-order valence-electron chi connectivity index (χ1n) is 11.3. The van der Waals surface area contributed by atoms with E-state index in [1.807, 2.05) is 43.3 Å². The summed E-state index contributed by atoms with van der Waals surface area (Å²) in [7, 11) is 0. The van der Waals surface area contributed by atoms with Crippen LogP contribution in [0.3, 0.4) is 0 Å². The fraction of sp³-hybridized carbons (Fsp3) is 0.360. The molecule has 8 nitrogen and oxygen atoms in total. The molecule has 4 rings (SSSR count). The molecule has 1 fully saturated rings. The van der Waals surface area contributed by atoms with E-state index in [2.05, 4.69) is 9.98 Å². The van der Waals surface area contributed by atoms with Gasteiger partial charge < -0.3 is 5.11 Å². The van der Waals surface area contributed by atoms with E-state index in [4.69, 9.17) is 11.6 Å². The third kappa shape index (κ3) is 5.56. The number of hydrogen-bond acceptors (Lipinski definition) is 4. The van der Waals surface area contributed by atoms with Crippen LogP contribution in [0.4, 0.5) is 5.69 Å². The first-order chi connectivity index (χ1) is 16.2. The highest BCUT2D eigenvalue weighted by molar-refractivity contribution is 6.31. The lowest BCUT2D eigenvalue weighted by Crippen LogP contribution is -2.51. The molecule has 34 heavy (non-hydrogen) atoms. The maximum Gasteiger partial charge on any atom is 0.335 e. The lowest BCUT2D eigenvalue weighted by molar-refractivity contribution is -0.141. The molecule has 1 atom stereocenters. The van der Waals surface area contributed by atoms with E-state index in [0.717, 1.165) is 27.7 Å². The summed E-state index contributed by atoms with van der Waals surface area (Å²) in [5, 5.41) is 9.85. The maximum absolute atomic E-state index is 13.3. The van der Waals surface area contributed by atoms with Gasteiger partial charge in [0.05, 0.1) is 18.2 Å². The van der Waals surface area contributed by atoms with Gasteiger partial charge in [0.25, 0.3) is 0 Å².